The maximum Gasteiger partial charge on any atom is 0.235 e. The van der Waals surface area contributed by atoms with E-state index in [-0.39, 0.29) is 19.1 Å². The third kappa shape index (κ3) is 4.28. The molecular weight excluding hydrogens is 194 g/mol. The first-order valence-electron chi connectivity index (χ1n) is 5.23. The van der Waals surface area contributed by atoms with Crippen LogP contribution < -0.4 is 5.32 Å². The first kappa shape index (κ1) is 12.0. The van der Waals surface area contributed by atoms with E-state index in [1.807, 2.05) is 6.07 Å². The van der Waals surface area contributed by atoms with Crippen molar-refractivity contribution in [2.45, 2.75) is 12.8 Å². The molecule has 0 unspecified atom stereocenters. The molecule has 0 atom stereocenters. The Balaban J connectivity index is 2.18. The van der Waals surface area contributed by atoms with Crippen LogP contribution in [-0.2, 0) is 4.79 Å². The Bertz CT molecular complexity index is 242. The topological polar surface area (TPSA) is 76.4 Å². The molecule has 0 aromatic rings. The number of nitrogens with one attached hydrogen (secondary N) is 1. The molecule has 0 radical (unpaired) electrons. The van der Waals surface area contributed by atoms with E-state index in [0.717, 1.165) is 25.9 Å². The van der Waals surface area contributed by atoms with Crippen molar-refractivity contribution in [2.75, 3.05) is 32.8 Å². The Labute approximate surface area is 89.7 Å². The Morgan fingerprint density at radius 2 is 2.20 bits per heavy atom. The number of carbonyl (C=O) groups is 1. The zero-order chi connectivity index (χ0) is 11.1. The number of aliphatic hydroxyl groups is 1. The van der Waals surface area contributed by atoms with E-state index < -0.39 is 0 Å². The van der Waals surface area contributed by atoms with Crippen LogP contribution in [0.15, 0.2) is 0 Å². The fourth-order valence-corrected chi connectivity index (χ4v) is 1.72. The number of hydrogen-bond donors (Lipinski definition) is 2. The van der Waals surface area contributed by atoms with Gasteiger partial charge in [0, 0.05) is 6.61 Å². The summed E-state index contributed by atoms with van der Waals surface area (Å²) in [7, 11) is 0. The molecule has 0 bridgehead atoms. The Morgan fingerprint density at radius 1 is 1.53 bits per heavy atom. The van der Waals surface area contributed by atoms with Crippen molar-refractivity contribution in [1.29, 1.82) is 5.26 Å². The first-order valence-corrected chi connectivity index (χ1v) is 5.23. The van der Waals surface area contributed by atoms with Crippen LogP contribution in [0.5, 0.6) is 0 Å². The molecular formula is C10H17N3O2. The van der Waals surface area contributed by atoms with Crippen LogP contribution in [0.2, 0.25) is 0 Å². The summed E-state index contributed by atoms with van der Waals surface area (Å²) in [5.74, 6) is 0.294. The summed E-state index contributed by atoms with van der Waals surface area (Å²) in [5.41, 5.74) is 0. The average Bonchev–Trinajstić information content (AvgIpc) is 2.27. The molecule has 1 aliphatic rings. The third-order valence-corrected chi connectivity index (χ3v) is 2.70. The maximum atomic E-state index is 11.3. The number of amides is 1. The normalized spacial score (nSPS) is 18.4. The van der Waals surface area contributed by atoms with Crippen molar-refractivity contribution >= 4 is 5.91 Å². The molecule has 0 spiro atoms. The lowest BCUT2D eigenvalue weighted by Gasteiger charge is -2.30. The highest BCUT2D eigenvalue weighted by Crippen LogP contribution is 2.15. The van der Waals surface area contributed by atoms with Gasteiger partial charge in [0.1, 0.15) is 6.54 Å². The zero-order valence-corrected chi connectivity index (χ0v) is 8.78. The summed E-state index contributed by atoms with van der Waals surface area (Å²) in [6.45, 7) is 2.39. The molecule has 0 saturated carbocycles. The van der Waals surface area contributed by atoms with Gasteiger partial charge in [0.2, 0.25) is 5.91 Å². The van der Waals surface area contributed by atoms with Crippen LogP contribution >= 0.6 is 0 Å². The molecule has 1 amide bonds. The van der Waals surface area contributed by atoms with Gasteiger partial charge in [0.15, 0.2) is 0 Å². The van der Waals surface area contributed by atoms with Crippen molar-refractivity contribution in [1.82, 2.24) is 10.2 Å². The number of hydrogen-bond acceptors (Lipinski definition) is 4. The molecule has 5 heteroatoms. The largest absolute Gasteiger partial charge is 0.396 e. The van der Waals surface area contributed by atoms with Gasteiger partial charge in [-0.2, -0.15) is 5.26 Å². The molecule has 15 heavy (non-hydrogen) atoms. The smallest absolute Gasteiger partial charge is 0.235 e. The minimum atomic E-state index is -0.0981. The monoisotopic (exact) mass is 211 g/mol. The number of rotatable bonds is 4. The zero-order valence-electron chi connectivity index (χ0n) is 8.78. The van der Waals surface area contributed by atoms with E-state index in [1.54, 1.807) is 0 Å². The number of aliphatic hydroxyl groups excluding tert-OH is 1. The van der Waals surface area contributed by atoms with Gasteiger partial charge in [-0.15, -0.1) is 0 Å². The van der Waals surface area contributed by atoms with E-state index in [9.17, 15) is 4.79 Å². The van der Waals surface area contributed by atoms with Gasteiger partial charge in [-0.1, -0.05) is 0 Å². The summed E-state index contributed by atoms with van der Waals surface area (Å²) in [4.78, 5) is 13.3. The second-order valence-electron chi connectivity index (χ2n) is 3.84. The van der Waals surface area contributed by atoms with Crippen molar-refractivity contribution in [3.05, 3.63) is 0 Å². The number of nitrogens with zero attached hydrogens (tertiary/aromatic N) is 2. The predicted molar refractivity (Wildman–Crippen MR) is 54.9 cm³/mol. The third-order valence-electron chi connectivity index (χ3n) is 2.70. The Hall–Kier alpha value is -1.12. The average molecular weight is 211 g/mol. The van der Waals surface area contributed by atoms with Gasteiger partial charge in [-0.25, -0.2) is 0 Å². The highest BCUT2D eigenvalue weighted by Gasteiger charge is 2.19. The number of carbonyl (C=O) groups excluding carboxylic acids is 1. The summed E-state index contributed by atoms with van der Waals surface area (Å²) in [6.07, 6.45) is 1.89. The molecule has 0 aromatic heterocycles. The highest BCUT2D eigenvalue weighted by atomic mass is 16.3. The van der Waals surface area contributed by atoms with Gasteiger partial charge in [0.25, 0.3) is 0 Å². The maximum absolute atomic E-state index is 11.3. The fourth-order valence-electron chi connectivity index (χ4n) is 1.72. The molecule has 2 N–H and O–H groups in total. The summed E-state index contributed by atoms with van der Waals surface area (Å²) < 4.78 is 0. The predicted octanol–water partition coefficient (Wildman–Crippen LogP) is -0.670. The van der Waals surface area contributed by atoms with Gasteiger partial charge in [-0.05, 0) is 31.8 Å². The molecule has 1 fully saturated rings. The van der Waals surface area contributed by atoms with E-state index >= 15 is 0 Å². The molecule has 1 aliphatic heterocycles. The summed E-state index contributed by atoms with van der Waals surface area (Å²) >= 11 is 0. The molecule has 84 valence electrons. The van der Waals surface area contributed by atoms with Crippen molar-refractivity contribution < 1.29 is 9.90 Å². The van der Waals surface area contributed by atoms with Crippen LogP contribution in [0.1, 0.15) is 12.8 Å². The minimum absolute atomic E-state index is 0.0753. The quantitative estimate of drug-likeness (QED) is 0.605. The summed E-state index contributed by atoms with van der Waals surface area (Å²) in [6, 6.07) is 1.87. The lowest BCUT2D eigenvalue weighted by atomic mass is 9.98. The molecule has 5 nitrogen and oxygen atoms in total. The fraction of sp³-hybridized carbons (Fsp3) is 0.800. The van der Waals surface area contributed by atoms with Crippen LogP contribution in [0.25, 0.3) is 0 Å². The van der Waals surface area contributed by atoms with Crippen molar-refractivity contribution in [3.63, 3.8) is 0 Å². The SMILES string of the molecule is N#CCNC(=O)CN1CCC(CO)CC1. The van der Waals surface area contributed by atoms with Crippen LogP contribution in [0.3, 0.4) is 0 Å². The first-order chi connectivity index (χ1) is 7.26. The van der Waals surface area contributed by atoms with Crippen LogP contribution in [0.4, 0.5) is 0 Å². The molecule has 1 rings (SSSR count). The standard InChI is InChI=1S/C10H17N3O2/c11-3-4-12-10(15)7-13-5-1-9(8-14)2-6-13/h9,14H,1-2,4-8H2,(H,12,15). The van der Waals surface area contributed by atoms with Crippen LogP contribution in [0, 0.1) is 17.2 Å². The van der Waals surface area contributed by atoms with Crippen LogP contribution in [-0.4, -0.2) is 48.7 Å². The molecule has 0 aromatic carbocycles. The molecule has 1 saturated heterocycles. The van der Waals surface area contributed by atoms with Gasteiger partial charge >= 0.3 is 0 Å². The second-order valence-corrected chi connectivity index (χ2v) is 3.84. The minimum Gasteiger partial charge on any atom is -0.396 e. The molecule has 1 heterocycles. The Morgan fingerprint density at radius 3 is 2.73 bits per heavy atom. The van der Waals surface area contributed by atoms with Gasteiger partial charge < -0.3 is 10.4 Å². The lowest BCUT2D eigenvalue weighted by Crippen LogP contribution is -2.42. The van der Waals surface area contributed by atoms with E-state index in [2.05, 4.69) is 10.2 Å². The lowest BCUT2D eigenvalue weighted by molar-refractivity contribution is -0.122. The van der Waals surface area contributed by atoms with Gasteiger partial charge in [-0.3, -0.25) is 9.69 Å². The van der Waals surface area contributed by atoms with Gasteiger partial charge in [0.05, 0.1) is 12.6 Å². The van der Waals surface area contributed by atoms with E-state index in [1.165, 1.54) is 0 Å². The second kappa shape index (κ2) is 6.38. The number of likely N-dealkylation sites (tertiary alicyclic amines) is 1. The Kier molecular flexibility index (Phi) is 5.08. The highest BCUT2D eigenvalue weighted by molar-refractivity contribution is 5.78. The summed E-state index contributed by atoms with van der Waals surface area (Å²) in [5, 5.41) is 19.7. The molecule has 0 aliphatic carbocycles. The van der Waals surface area contributed by atoms with Crippen molar-refractivity contribution in [2.24, 2.45) is 5.92 Å². The number of nitriles is 1. The number of piperidine rings is 1. The van der Waals surface area contributed by atoms with Crippen molar-refractivity contribution in [3.8, 4) is 6.07 Å². The van der Waals surface area contributed by atoms with E-state index in [4.69, 9.17) is 10.4 Å². The van der Waals surface area contributed by atoms with E-state index in [0.29, 0.717) is 12.5 Å².